The monoisotopic (exact) mass is 692 g/mol. The molecular formula is C50H32N2O2. The lowest BCUT2D eigenvalue weighted by Gasteiger charge is -2.21. The molecule has 10 aromatic rings. The van der Waals surface area contributed by atoms with Gasteiger partial charge in [-0.05, 0) is 93.2 Å². The molecule has 54 heavy (non-hydrogen) atoms. The Morgan fingerprint density at radius 3 is 1.94 bits per heavy atom. The third-order valence-corrected chi connectivity index (χ3v) is 10.9. The molecule has 0 aliphatic carbocycles. The summed E-state index contributed by atoms with van der Waals surface area (Å²) in [6, 6.07) is 57.3. The van der Waals surface area contributed by atoms with Gasteiger partial charge in [0.2, 0.25) is 0 Å². The predicted molar refractivity (Wildman–Crippen MR) is 223 cm³/mol. The number of amidine groups is 1. The van der Waals surface area contributed by atoms with Gasteiger partial charge in [-0.1, -0.05) is 127 Å². The van der Waals surface area contributed by atoms with E-state index in [4.69, 9.17) is 13.8 Å². The van der Waals surface area contributed by atoms with Gasteiger partial charge in [-0.25, -0.2) is 4.99 Å². The Balaban J connectivity index is 1.10. The number of furan rings is 2. The van der Waals surface area contributed by atoms with Crippen LogP contribution in [0, 0.1) is 0 Å². The number of rotatable bonds is 4. The summed E-state index contributed by atoms with van der Waals surface area (Å²) in [6.45, 7) is 2.14. The first kappa shape index (κ1) is 30.5. The first-order chi connectivity index (χ1) is 26.6. The van der Waals surface area contributed by atoms with Crippen molar-refractivity contribution in [1.82, 2.24) is 5.32 Å². The number of fused-ring (bicyclic) bond motifs is 9. The lowest BCUT2D eigenvalue weighted by molar-refractivity contribution is 0.668. The van der Waals surface area contributed by atoms with Crippen molar-refractivity contribution in [2.75, 3.05) is 0 Å². The average molecular weight is 693 g/mol. The van der Waals surface area contributed by atoms with E-state index in [1.54, 1.807) is 0 Å². The van der Waals surface area contributed by atoms with Crippen LogP contribution in [0.25, 0.3) is 82.2 Å². The van der Waals surface area contributed by atoms with Crippen molar-refractivity contribution < 1.29 is 8.83 Å². The molecule has 4 heteroatoms. The van der Waals surface area contributed by atoms with Gasteiger partial charge in [-0.3, -0.25) is 0 Å². The molecule has 4 nitrogen and oxygen atoms in total. The molecule has 1 aliphatic rings. The topological polar surface area (TPSA) is 50.7 Å². The van der Waals surface area contributed by atoms with Gasteiger partial charge < -0.3 is 14.2 Å². The Labute approximate surface area is 311 Å². The van der Waals surface area contributed by atoms with Crippen LogP contribution < -0.4 is 5.32 Å². The minimum atomic E-state index is -0.121. The molecule has 11 rings (SSSR count). The fourth-order valence-corrected chi connectivity index (χ4v) is 8.20. The highest BCUT2D eigenvalue weighted by Crippen LogP contribution is 2.40. The fourth-order valence-electron chi connectivity index (χ4n) is 8.20. The molecule has 0 amide bonds. The number of nitrogens with one attached hydrogen (secondary N) is 1. The largest absolute Gasteiger partial charge is 0.456 e. The highest BCUT2D eigenvalue weighted by Gasteiger charge is 2.23. The Morgan fingerprint density at radius 2 is 1.15 bits per heavy atom. The van der Waals surface area contributed by atoms with Crippen molar-refractivity contribution in [3.05, 3.63) is 192 Å². The lowest BCUT2D eigenvalue weighted by atomic mass is 9.96. The van der Waals surface area contributed by atoms with Crippen molar-refractivity contribution >= 4 is 77.0 Å². The third-order valence-electron chi connectivity index (χ3n) is 10.9. The van der Waals surface area contributed by atoms with E-state index in [-0.39, 0.29) is 6.04 Å². The molecule has 254 valence electrons. The zero-order valence-electron chi connectivity index (χ0n) is 29.4. The number of benzene rings is 8. The van der Waals surface area contributed by atoms with Crippen molar-refractivity contribution in [3.8, 4) is 11.1 Å². The molecule has 0 bridgehead atoms. The minimum Gasteiger partial charge on any atom is -0.456 e. The SMILES string of the molecule is CC1=C=C(c2cccc3oc4ccc(-c5ccc6oc7ccc8ccccc8c7c6c5)cc4c23)N=C(c2ccccc2)NC1c1ccc2ccccc2c1. The Bertz CT molecular complexity index is 3250. The molecule has 0 radical (unpaired) electrons. The van der Waals surface area contributed by atoms with E-state index < -0.39 is 0 Å². The fraction of sp³-hybridized carbons (Fsp3) is 0.0400. The average Bonchev–Trinajstić information content (AvgIpc) is 3.74. The summed E-state index contributed by atoms with van der Waals surface area (Å²) < 4.78 is 12.8. The highest BCUT2D eigenvalue weighted by atomic mass is 16.3. The van der Waals surface area contributed by atoms with Crippen LogP contribution in [0.2, 0.25) is 0 Å². The summed E-state index contributed by atoms with van der Waals surface area (Å²) in [6.07, 6.45) is 0. The summed E-state index contributed by atoms with van der Waals surface area (Å²) in [7, 11) is 0. The summed E-state index contributed by atoms with van der Waals surface area (Å²) in [4.78, 5) is 5.34. The second-order valence-corrected chi connectivity index (χ2v) is 14.1. The molecule has 1 unspecified atom stereocenters. The Kier molecular flexibility index (Phi) is 6.75. The van der Waals surface area contributed by atoms with Crippen LogP contribution >= 0.6 is 0 Å². The van der Waals surface area contributed by atoms with E-state index in [1.807, 2.05) is 18.2 Å². The highest BCUT2D eigenvalue weighted by molar-refractivity contribution is 6.19. The van der Waals surface area contributed by atoms with Crippen LogP contribution in [0.3, 0.4) is 0 Å². The molecule has 8 aromatic carbocycles. The van der Waals surface area contributed by atoms with E-state index >= 15 is 0 Å². The zero-order chi connectivity index (χ0) is 35.8. The maximum absolute atomic E-state index is 6.51. The zero-order valence-corrected chi connectivity index (χ0v) is 29.4. The maximum atomic E-state index is 6.51. The van der Waals surface area contributed by atoms with Crippen molar-refractivity contribution in [2.45, 2.75) is 13.0 Å². The van der Waals surface area contributed by atoms with Gasteiger partial charge in [0, 0.05) is 32.7 Å². The molecule has 1 atom stereocenters. The van der Waals surface area contributed by atoms with Gasteiger partial charge >= 0.3 is 0 Å². The van der Waals surface area contributed by atoms with Crippen LogP contribution in [0.4, 0.5) is 0 Å². The second-order valence-electron chi connectivity index (χ2n) is 14.1. The summed E-state index contributed by atoms with van der Waals surface area (Å²) in [5, 5.41) is 12.9. The van der Waals surface area contributed by atoms with Crippen LogP contribution in [0.5, 0.6) is 0 Å². The standard InChI is InChI=1S/C50H32N2O2/c1-30-26-42(51-50(33-12-3-2-4-13-33)52-49(30)37-19-18-31-10-5-6-14-34(31)27-37)39-16-9-17-45-48(39)41-29-36(22-24-44(41)53-45)35-21-23-43-40(28-35)47-38-15-8-7-11-32(38)20-25-46(47)54-43/h2-25,27-29,49H,1H3,(H,51,52). The van der Waals surface area contributed by atoms with Gasteiger partial charge in [0.05, 0.1) is 6.04 Å². The molecule has 0 fully saturated rings. The quantitative estimate of drug-likeness (QED) is 0.187. The second kappa shape index (κ2) is 12.0. The van der Waals surface area contributed by atoms with E-state index in [9.17, 15) is 0 Å². The molecule has 2 aromatic heterocycles. The first-order valence-electron chi connectivity index (χ1n) is 18.3. The first-order valence-corrected chi connectivity index (χ1v) is 18.3. The van der Waals surface area contributed by atoms with Crippen LogP contribution in [-0.4, -0.2) is 5.84 Å². The van der Waals surface area contributed by atoms with Gasteiger partial charge in [-0.2, -0.15) is 0 Å². The predicted octanol–water partition coefficient (Wildman–Crippen LogP) is 13.1. The van der Waals surface area contributed by atoms with E-state index in [0.717, 1.165) is 88.8 Å². The van der Waals surface area contributed by atoms with Crippen LogP contribution in [0.1, 0.15) is 29.7 Å². The smallest absolute Gasteiger partial charge is 0.136 e. The number of nitrogens with zero attached hydrogens (tertiary/aromatic N) is 1. The van der Waals surface area contributed by atoms with E-state index in [2.05, 4.69) is 164 Å². The minimum absolute atomic E-state index is 0.121. The van der Waals surface area contributed by atoms with Crippen molar-refractivity contribution in [2.24, 2.45) is 4.99 Å². The van der Waals surface area contributed by atoms with Gasteiger partial charge in [0.1, 0.15) is 33.9 Å². The number of hydrogen-bond donors (Lipinski definition) is 1. The normalized spacial score (nSPS) is 14.8. The van der Waals surface area contributed by atoms with Crippen LogP contribution in [-0.2, 0) is 0 Å². The van der Waals surface area contributed by atoms with Gasteiger partial charge in [0.25, 0.3) is 0 Å². The Hall–Kier alpha value is -7.13. The summed E-state index contributed by atoms with van der Waals surface area (Å²) in [5.74, 6) is 0.798. The van der Waals surface area contributed by atoms with Crippen LogP contribution in [0.15, 0.2) is 189 Å². The molecule has 0 saturated carbocycles. The molecule has 0 spiro atoms. The molecular weight excluding hydrogens is 661 g/mol. The lowest BCUT2D eigenvalue weighted by Crippen LogP contribution is -2.29. The summed E-state index contributed by atoms with van der Waals surface area (Å²) >= 11 is 0. The molecule has 1 N–H and O–H groups in total. The van der Waals surface area contributed by atoms with E-state index in [0.29, 0.717) is 0 Å². The number of hydrogen-bond acceptors (Lipinski definition) is 4. The van der Waals surface area contributed by atoms with Gasteiger partial charge in [-0.15, -0.1) is 0 Å². The Morgan fingerprint density at radius 1 is 0.500 bits per heavy atom. The summed E-state index contributed by atoms with van der Waals surface area (Å²) in [5.41, 5.74) is 14.4. The maximum Gasteiger partial charge on any atom is 0.136 e. The third kappa shape index (κ3) is 4.89. The molecule has 1 aliphatic heterocycles. The number of aliphatic imine (C=N–C) groups is 1. The van der Waals surface area contributed by atoms with Gasteiger partial charge in [0.15, 0.2) is 0 Å². The molecule has 3 heterocycles. The van der Waals surface area contributed by atoms with Crippen molar-refractivity contribution in [3.63, 3.8) is 0 Å². The van der Waals surface area contributed by atoms with E-state index in [1.165, 1.54) is 21.5 Å². The van der Waals surface area contributed by atoms with Crippen molar-refractivity contribution in [1.29, 1.82) is 0 Å². The molecule has 0 saturated heterocycles.